The fourth-order valence-electron chi connectivity index (χ4n) is 2.66. The van der Waals surface area contributed by atoms with E-state index in [9.17, 15) is 14.7 Å². The summed E-state index contributed by atoms with van der Waals surface area (Å²) in [4.78, 5) is 25.8. The predicted octanol–water partition coefficient (Wildman–Crippen LogP) is 0.357. The van der Waals surface area contributed by atoms with Crippen LogP contribution in [0.3, 0.4) is 0 Å². The number of benzene rings is 1. The number of aromatic hydroxyl groups is 1. The van der Waals surface area contributed by atoms with Gasteiger partial charge < -0.3 is 34.6 Å². The second kappa shape index (κ2) is 8.65. The van der Waals surface area contributed by atoms with E-state index in [0.29, 0.717) is 11.3 Å². The number of phenols is 1. The van der Waals surface area contributed by atoms with Crippen LogP contribution < -0.4 is 5.32 Å². The monoisotopic (exact) mass is 366 g/mol. The van der Waals surface area contributed by atoms with Crippen molar-refractivity contribution < 1.29 is 34.0 Å². The fourth-order valence-corrected chi connectivity index (χ4v) is 2.66. The third kappa shape index (κ3) is 3.96. The van der Waals surface area contributed by atoms with Crippen molar-refractivity contribution in [1.82, 2.24) is 4.90 Å². The van der Waals surface area contributed by atoms with Gasteiger partial charge in [0.15, 0.2) is 6.29 Å². The number of esters is 1. The first kappa shape index (κ1) is 19.7. The molecule has 0 aliphatic carbocycles. The van der Waals surface area contributed by atoms with E-state index in [4.69, 9.17) is 19.3 Å². The lowest BCUT2D eigenvalue weighted by Gasteiger charge is -2.17. The van der Waals surface area contributed by atoms with Gasteiger partial charge in [-0.05, 0) is 18.2 Å². The number of ether oxygens (including phenoxy) is 3. The molecule has 1 aromatic rings. The molecule has 0 aromatic heterocycles. The molecule has 1 heterocycles. The van der Waals surface area contributed by atoms with Gasteiger partial charge in [-0.25, -0.2) is 4.79 Å². The van der Waals surface area contributed by atoms with E-state index in [1.54, 1.807) is 12.1 Å². The van der Waals surface area contributed by atoms with E-state index >= 15 is 0 Å². The average molecular weight is 366 g/mol. The Morgan fingerprint density at radius 1 is 1.31 bits per heavy atom. The van der Waals surface area contributed by atoms with Crippen LogP contribution in [0.15, 0.2) is 29.5 Å². The molecule has 142 valence electrons. The smallest absolute Gasteiger partial charge is 0.337 e. The van der Waals surface area contributed by atoms with Gasteiger partial charge in [0.25, 0.3) is 5.91 Å². The summed E-state index contributed by atoms with van der Waals surface area (Å²) in [5, 5.41) is 22.0. The molecule has 0 radical (unpaired) electrons. The molecule has 0 fully saturated rings. The second-order valence-electron chi connectivity index (χ2n) is 5.50. The molecule has 0 saturated carbocycles. The molecule has 0 unspecified atom stereocenters. The van der Waals surface area contributed by atoms with Crippen LogP contribution >= 0.6 is 0 Å². The number of nitrogens with zero attached hydrogens (tertiary/aromatic N) is 1. The van der Waals surface area contributed by atoms with Gasteiger partial charge in [0.2, 0.25) is 0 Å². The summed E-state index contributed by atoms with van der Waals surface area (Å²) in [6.45, 7) is -0.0843. The van der Waals surface area contributed by atoms with Crippen LogP contribution in [0.4, 0.5) is 5.69 Å². The third-order valence-corrected chi connectivity index (χ3v) is 3.93. The predicted molar refractivity (Wildman–Crippen MR) is 91.2 cm³/mol. The van der Waals surface area contributed by atoms with Crippen LogP contribution in [0.5, 0.6) is 5.75 Å². The number of carbonyl (C=O) groups is 2. The maximum atomic E-state index is 12.5. The van der Waals surface area contributed by atoms with Crippen molar-refractivity contribution in [2.24, 2.45) is 0 Å². The van der Waals surface area contributed by atoms with Crippen LogP contribution in [0.25, 0.3) is 0 Å². The Bertz CT molecular complexity index is 713. The van der Waals surface area contributed by atoms with Crippen molar-refractivity contribution in [3.63, 3.8) is 0 Å². The molecule has 0 saturated heterocycles. The molecule has 1 amide bonds. The Morgan fingerprint density at radius 2 is 2.00 bits per heavy atom. The number of hydrogen-bond acceptors (Lipinski definition) is 8. The number of rotatable bonds is 8. The van der Waals surface area contributed by atoms with E-state index in [1.165, 1.54) is 32.3 Å². The van der Waals surface area contributed by atoms with Crippen LogP contribution in [0.1, 0.15) is 11.9 Å². The molecule has 26 heavy (non-hydrogen) atoms. The number of nitrogens with one attached hydrogen (secondary N) is 1. The van der Waals surface area contributed by atoms with Crippen molar-refractivity contribution in [2.75, 3.05) is 46.3 Å². The zero-order chi connectivity index (χ0) is 19.3. The zero-order valence-electron chi connectivity index (χ0n) is 14.8. The van der Waals surface area contributed by atoms with Gasteiger partial charge in [-0.3, -0.25) is 4.79 Å². The average Bonchev–Trinajstić information content (AvgIpc) is 2.94. The third-order valence-electron chi connectivity index (χ3n) is 3.93. The Labute approximate surface area is 150 Å². The van der Waals surface area contributed by atoms with Crippen LogP contribution in [-0.4, -0.2) is 68.0 Å². The first-order chi connectivity index (χ1) is 12.5. The minimum Gasteiger partial charge on any atom is -0.507 e. The number of anilines is 1. The molecule has 3 N–H and O–H groups in total. The second-order valence-corrected chi connectivity index (χ2v) is 5.50. The topological polar surface area (TPSA) is 118 Å². The largest absolute Gasteiger partial charge is 0.507 e. The van der Waals surface area contributed by atoms with Gasteiger partial charge in [-0.15, -0.1) is 0 Å². The van der Waals surface area contributed by atoms with Crippen molar-refractivity contribution in [2.45, 2.75) is 6.29 Å². The molecule has 9 nitrogen and oxygen atoms in total. The van der Waals surface area contributed by atoms with Gasteiger partial charge in [0.1, 0.15) is 11.4 Å². The summed E-state index contributed by atoms with van der Waals surface area (Å²) < 4.78 is 15.0. The van der Waals surface area contributed by atoms with Gasteiger partial charge in [-0.2, -0.15) is 0 Å². The number of carbonyl (C=O) groups excluding carboxylic acids is 2. The molecule has 2 rings (SSSR count). The molecular formula is C17H22N2O7. The van der Waals surface area contributed by atoms with Crippen LogP contribution in [-0.2, 0) is 23.8 Å². The molecule has 9 heteroatoms. The quantitative estimate of drug-likeness (QED) is 0.343. The highest BCUT2D eigenvalue weighted by molar-refractivity contribution is 6.08. The number of aliphatic hydroxyl groups excluding tert-OH is 1. The van der Waals surface area contributed by atoms with Crippen molar-refractivity contribution in [1.29, 1.82) is 0 Å². The molecule has 1 aliphatic rings. The van der Waals surface area contributed by atoms with Gasteiger partial charge >= 0.3 is 5.97 Å². The number of hydrogen-bond donors (Lipinski definition) is 3. The Morgan fingerprint density at radius 3 is 2.58 bits per heavy atom. The lowest BCUT2D eigenvalue weighted by atomic mass is 10.1. The SMILES string of the molecule is COC(=O)C1=C(Nc2ccc(O)c(C(OC)OC)c2)C(=O)N(CCO)C1. The van der Waals surface area contributed by atoms with Crippen molar-refractivity contribution in [3.05, 3.63) is 35.0 Å². The van der Waals surface area contributed by atoms with E-state index in [0.717, 1.165) is 0 Å². The van der Waals surface area contributed by atoms with E-state index in [1.807, 2.05) is 0 Å². The molecule has 0 atom stereocenters. The molecule has 0 spiro atoms. The van der Waals surface area contributed by atoms with Crippen molar-refractivity contribution >= 4 is 17.6 Å². The Balaban J connectivity index is 2.36. The summed E-state index contributed by atoms with van der Waals surface area (Å²) in [6.07, 6.45) is -0.795. The van der Waals surface area contributed by atoms with Crippen molar-refractivity contribution in [3.8, 4) is 5.75 Å². The number of amides is 1. The Kier molecular flexibility index (Phi) is 6.56. The highest BCUT2D eigenvalue weighted by atomic mass is 16.7. The number of aliphatic hydroxyl groups is 1. The highest BCUT2D eigenvalue weighted by Gasteiger charge is 2.34. The number of phenolic OH excluding ortho intramolecular Hbond substituents is 1. The minimum atomic E-state index is -0.795. The maximum Gasteiger partial charge on any atom is 0.337 e. The maximum absolute atomic E-state index is 12.5. The minimum absolute atomic E-state index is 0.0360. The number of β-amino-alcohol motifs (C(OH)–C–C–N with tert-alkyl or cyclic N) is 1. The molecule has 1 aromatic carbocycles. The fraction of sp³-hybridized carbons (Fsp3) is 0.412. The standard InChI is InChI=1S/C17H22N2O7/c1-24-16(23)12-9-19(6-7-20)15(22)14(12)18-10-4-5-13(21)11(8-10)17(25-2)26-3/h4-5,8,17-18,20-21H,6-7,9H2,1-3H3. The van der Waals surface area contributed by atoms with Gasteiger partial charge in [0.05, 0.1) is 31.4 Å². The molecule has 0 bridgehead atoms. The van der Waals surface area contributed by atoms with Crippen LogP contribution in [0.2, 0.25) is 0 Å². The summed E-state index contributed by atoms with van der Waals surface area (Å²) in [5.74, 6) is -1.10. The highest BCUT2D eigenvalue weighted by Crippen LogP contribution is 2.31. The molecule has 1 aliphatic heterocycles. The lowest BCUT2D eigenvalue weighted by molar-refractivity contribution is -0.136. The molecular weight excluding hydrogens is 344 g/mol. The Hall–Kier alpha value is -2.62. The van der Waals surface area contributed by atoms with Gasteiger partial charge in [-0.1, -0.05) is 0 Å². The van der Waals surface area contributed by atoms with Crippen LogP contribution in [0, 0.1) is 0 Å². The lowest BCUT2D eigenvalue weighted by Crippen LogP contribution is -2.31. The van der Waals surface area contributed by atoms with E-state index in [2.05, 4.69) is 5.32 Å². The summed E-state index contributed by atoms with van der Waals surface area (Å²) >= 11 is 0. The summed E-state index contributed by atoms with van der Waals surface area (Å²) in [5.41, 5.74) is 1.04. The normalized spacial score (nSPS) is 14.3. The first-order valence-corrected chi connectivity index (χ1v) is 7.83. The summed E-state index contributed by atoms with van der Waals surface area (Å²) in [7, 11) is 4.09. The zero-order valence-corrected chi connectivity index (χ0v) is 14.8. The number of methoxy groups -OCH3 is 3. The van der Waals surface area contributed by atoms with E-state index < -0.39 is 18.2 Å². The van der Waals surface area contributed by atoms with Gasteiger partial charge in [0, 0.05) is 26.5 Å². The summed E-state index contributed by atoms with van der Waals surface area (Å²) in [6, 6.07) is 4.52. The van der Waals surface area contributed by atoms with E-state index in [-0.39, 0.29) is 36.7 Å². The first-order valence-electron chi connectivity index (χ1n) is 7.83.